The zero-order valence-corrected chi connectivity index (χ0v) is 16.0. The quantitative estimate of drug-likeness (QED) is 0.769. The lowest BCUT2D eigenvalue weighted by Gasteiger charge is -2.34. The number of carbonyl (C=O) groups excluding carboxylic acids is 1. The van der Waals surface area contributed by atoms with Gasteiger partial charge in [0.05, 0.1) is 15.3 Å². The average molecular weight is 418 g/mol. The van der Waals surface area contributed by atoms with Crippen molar-refractivity contribution in [3.8, 4) is 0 Å². The molecule has 1 aromatic heterocycles. The SMILES string of the molecule is Cc1ccsc1C(=O)N1CCN(S(=O)(=O)c2cccc(C(F)(F)F)c2)CC1. The Labute approximate surface area is 159 Å². The van der Waals surface area contributed by atoms with Crippen molar-refractivity contribution >= 4 is 27.3 Å². The molecule has 0 unspecified atom stereocenters. The highest BCUT2D eigenvalue weighted by atomic mass is 32.2. The van der Waals surface area contributed by atoms with E-state index in [9.17, 15) is 26.4 Å². The lowest BCUT2D eigenvalue weighted by Crippen LogP contribution is -2.50. The van der Waals surface area contributed by atoms with Crippen molar-refractivity contribution in [1.29, 1.82) is 0 Å². The van der Waals surface area contributed by atoms with E-state index in [4.69, 9.17) is 0 Å². The largest absolute Gasteiger partial charge is 0.416 e. The minimum absolute atomic E-state index is 0.0365. The molecule has 0 bridgehead atoms. The van der Waals surface area contributed by atoms with E-state index in [2.05, 4.69) is 0 Å². The van der Waals surface area contributed by atoms with Gasteiger partial charge in [-0.05, 0) is 42.1 Å². The van der Waals surface area contributed by atoms with Gasteiger partial charge in [-0.25, -0.2) is 8.42 Å². The van der Waals surface area contributed by atoms with Gasteiger partial charge in [0.15, 0.2) is 0 Å². The van der Waals surface area contributed by atoms with E-state index in [0.29, 0.717) is 10.9 Å². The molecule has 0 saturated carbocycles. The standard InChI is InChI=1S/C17H17F3N2O3S2/c1-12-5-10-26-15(12)16(23)21-6-8-22(9-7-21)27(24,25)14-4-2-3-13(11-14)17(18,19)20/h2-5,10-11H,6-9H2,1H3. The number of amides is 1. The van der Waals surface area contributed by atoms with Gasteiger partial charge in [0.2, 0.25) is 10.0 Å². The number of hydrogen-bond donors (Lipinski definition) is 0. The van der Waals surface area contributed by atoms with Crippen molar-refractivity contribution < 1.29 is 26.4 Å². The van der Waals surface area contributed by atoms with Crippen LogP contribution in [0.2, 0.25) is 0 Å². The summed E-state index contributed by atoms with van der Waals surface area (Å²) < 4.78 is 65.0. The number of carbonyl (C=O) groups is 1. The van der Waals surface area contributed by atoms with E-state index in [1.807, 2.05) is 18.4 Å². The fraction of sp³-hybridized carbons (Fsp3) is 0.353. The molecule has 1 aromatic carbocycles. The molecule has 146 valence electrons. The molecule has 0 aliphatic carbocycles. The first kappa shape index (κ1) is 19.8. The number of piperazine rings is 1. The first-order valence-electron chi connectivity index (χ1n) is 8.11. The molecule has 1 fully saturated rings. The predicted octanol–water partition coefficient (Wildman–Crippen LogP) is 3.22. The highest BCUT2D eigenvalue weighted by Gasteiger charge is 2.34. The van der Waals surface area contributed by atoms with E-state index in [1.54, 1.807) is 4.90 Å². The molecule has 1 aliphatic rings. The molecule has 3 rings (SSSR count). The van der Waals surface area contributed by atoms with Crippen LogP contribution in [0.15, 0.2) is 40.6 Å². The maximum absolute atomic E-state index is 12.9. The van der Waals surface area contributed by atoms with Crippen LogP contribution in [0.3, 0.4) is 0 Å². The maximum Gasteiger partial charge on any atom is 0.416 e. The fourth-order valence-electron chi connectivity index (χ4n) is 2.85. The maximum atomic E-state index is 12.9. The van der Waals surface area contributed by atoms with Crippen LogP contribution in [0, 0.1) is 6.92 Å². The highest BCUT2D eigenvalue weighted by molar-refractivity contribution is 7.89. The summed E-state index contributed by atoms with van der Waals surface area (Å²) in [5.41, 5.74) is -0.144. The summed E-state index contributed by atoms with van der Waals surface area (Å²) in [5, 5.41) is 1.82. The smallest absolute Gasteiger partial charge is 0.335 e. The second-order valence-electron chi connectivity index (χ2n) is 6.15. The first-order valence-corrected chi connectivity index (χ1v) is 10.4. The van der Waals surface area contributed by atoms with Gasteiger partial charge in [0.1, 0.15) is 0 Å². The van der Waals surface area contributed by atoms with Gasteiger partial charge < -0.3 is 4.90 Å². The lowest BCUT2D eigenvalue weighted by molar-refractivity contribution is -0.137. The van der Waals surface area contributed by atoms with Gasteiger partial charge in [-0.1, -0.05) is 6.07 Å². The number of sulfonamides is 1. The Morgan fingerprint density at radius 2 is 1.78 bits per heavy atom. The van der Waals surface area contributed by atoms with Crippen LogP contribution < -0.4 is 0 Å². The normalized spacial score (nSPS) is 16.5. The summed E-state index contributed by atoms with van der Waals surface area (Å²) in [5.74, 6) is -0.154. The topological polar surface area (TPSA) is 57.7 Å². The Morgan fingerprint density at radius 1 is 1.11 bits per heavy atom. The molecule has 0 radical (unpaired) electrons. The number of nitrogens with zero attached hydrogens (tertiary/aromatic N) is 2. The van der Waals surface area contributed by atoms with Crippen LogP contribution in [-0.2, 0) is 16.2 Å². The summed E-state index contributed by atoms with van der Waals surface area (Å²) in [7, 11) is -4.06. The molecule has 5 nitrogen and oxygen atoms in total. The predicted molar refractivity (Wildman–Crippen MR) is 95.2 cm³/mol. The summed E-state index contributed by atoms with van der Waals surface area (Å²) >= 11 is 1.33. The molecule has 27 heavy (non-hydrogen) atoms. The number of alkyl halides is 3. The first-order chi connectivity index (χ1) is 12.6. The number of halogens is 3. The van der Waals surface area contributed by atoms with Gasteiger partial charge in [0, 0.05) is 26.2 Å². The van der Waals surface area contributed by atoms with E-state index in [-0.39, 0.29) is 32.1 Å². The van der Waals surface area contributed by atoms with Gasteiger partial charge in [-0.3, -0.25) is 4.79 Å². The Kier molecular flexibility index (Phi) is 5.33. The van der Waals surface area contributed by atoms with Gasteiger partial charge >= 0.3 is 6.18 Å². The number of thiophene rings is 1. The number of benzene rings is 1. The molecule has 0 spiro atoms. The van der Waals surface area contributed by atoms with Gasteiger partial charge in [0.25, 0.3) is 5.91 Å². The van der Waals surface area contributed by atoms with Crippen LogP contribution in [-0.4, -0.2) is 49.7 Å². The molecule has 2 heterocycles. The van der Waals surface area contributed by atoms with Crippen LogP contribution in [0.1, 0.15) is 20.8 Å². The summed E-state index contributed by atoms with van der Waals surface area (Å²) in [6, 6.07) is 5.54. The molecular weight excluding hydrogens is 401 g/mol. The number of rotatable bonds is 3. The van der Waals surface area contributed by atoms with Crippen molar-refractivity contribution in [1.82, 2.24) is 9.21 Å². The monoisotopic (exact) mass is 418 g/mol. The Hall–Kier alpha value is -1.91. The highest BCUT2D eigenvalue weighted by Crippen LogP contribution is 2.31. The molecule has 2 aromatic rings. The van der Waals surface area contributed by atoms with Gasteiger partial charge in [-0.2, -0.15) is 17.5 Å². The molecule has 1 saturated heterocycles. The van der Waals surface area contributed by atoms with E-state index < -0.39 is 26.7 Å². The van der Waals surface area contributed by atoms with Crippen molar-refractivity contribution in [2.75, 3.05) is 26.2 Å². The van der Waals surface area contributed by atoms with Crippen molar-refractivity contribution in [3.05, 3.63) is 51.7 Å². The zero-order chi connectivity index (χ0) is 19.8. The second kappa shape index (κ2) is 7.25. The third-order valence-electron chi connectivity index (χ3n) is 4.38. The van der Waals surface area contributed by atoms with Crippen LogP contribution in [0.25, 0.3) is 0 Å². The van der Waals surface area contributed by atoms with E-state index >= 15 is 0 Å². The van der Waals surface area contributed by atoms with Crippen LogP contribution >= 0.6 is 11.3 Å². The number of hydrogen-bond acceptors (Lipinski definition) is 4. The van der Waals surface area contributed by atoms with E-state index in [0.717, 1.165) is 28.1 Å². The Balaban J connectivity index is 1.74. The molecule has 1 aliphatic heterocycles. The van der Waals surface area contributed by atoms with Crippen molar-refractivity contribution in [3.63, 3.8) is 0 Å². The Bertz CT molecular complexity index is 946. The van der Waals surface area contributed by atoms with Gasteiger partial charge in [-0.15, -0.1) is 11.3 Å². The molecule has 1 amide bonds. The van der Waals surface area contributed by atoms with Crippen molar-refractivity contribution in [2.24, 2.45) is 0 Å². The average Bonchev–Trinajstić information content (AvgIpc) is 3.06. The summed E-state index contributed by atoms with van der Waals surface area (Å²) in [4.78, 5) is 14.3. The van der Waals surface area contributed by atoms with E-state index in [1.165, 1.54) is 11.3 Å². The molecule has 0 N–H and O–H groups in total. The van der Waals surface area contributed by atoms with Crippen molar-refractivity contribution in [2.45, 2.75) is 18.0 Å². The third-order valence-corrected chi connectivity index (χ3v) is 7.28. The van der Waals surface area contributed by atoms with Crippen LogP contribution in [0.4, 0.5) is 13.2 Å². The summed E-state index contributed by atoms with van der Waals surface area (Å²) in [6.07, 6.45) is -4.62. The summed E-state index contributed by atoms with van der Waals surface area (Å²) in [6.45, 7) is 2.28. The minimum Gasteiger partial charge on any atom is -0.335 e. The molecule has 10 heteroatoms. The zero-order valence-electron chi connectivity index (χ0n) is 14.4. The molecular formula is C17H17F3N2O3S2. The number of aryl methyl sites for hydroxylation is 1. The third kappa shape index (κ3) is 4.02. The van der Waals surface area contributed by atoms with Crippen LogP contribution in [0.5, 0.6) is 0 Å². The lowest BCUT2D eigenvalue weighted by atomic mass is 10.2. The molecule has 0 atom stereocenters. The second-order valence-corrected chi connectivity index (χ2v) is 9.01. The minimum atomic E-state index is -4.62. The fourth-order valence-corrected chi connectivity index (χ4v) is 5.21. The Morgan fingerprint density at radius 3 is 2.33 bits per heavy atom.